The van der Waals surface area contributed by atoms with Crippen molar-refractivity contribution in [3.63, 3.8) is 0 Å². The van der Waals surface area contributed by atoms with Crippen LogP contribution in [0.2, 0.25) is 0 Å². The van der Waals surface area contributed by atoms with E-state index in [-0.39, 0.29) is 18.1 Å². The highest BCUT2D eigenvalue weighted by Gasteiger charge is 2.23. The number of pyridine rings is 1. The molecule has 1 N–H and O–H groups in total. The van der Waals surface area contributed by atoms with Gasteiger partial charge in [0.25, 0.3) is 5.91 Å². The molecule has 0 spiro atoms. The van der Waals surface area contributed by atoms with Crippen LogP contribution in [0.3, 0.4) is 0 Å². The number of halogens is 1. The number of anilines is 2. The van der Waals surface area contributed by atoms with Crippen molar-refractivity contribution >= 4 is 40.0 Å². The van der Waals surface area contributed by atoms with Gasteiger partial charge in [0.15, 0.2) is 0 Å². The molecule has 0 bridgehead atoms. The molecule has 0 saturated carbocycles. The van der Waals surface area contributed by atoms with Crippen LogP contribution in [-0.4, -0.2) is 36.2 Å². The lowest BCUT2D eigenvalue weighted by Gasteiger charge is -2.36. The quantitative estimate of drug-likeness (QED) is 0.747. The molecule has 2 atom stereocenters. The molecule has 1 fully saturated rings. The third-order valence-corrected chi connectivity index (χ3v) is 4.51. The smallest absolute Gasteiger partial charge is 0.255 e. The van der Waals surface area contributed by atoms with Crippen LogP contribution in [0.4, 0.5) is 11.5 Å². The van der Waals surface area contributed by atoms with Gasteiger partial charge in [0.05, 0.1) is 24.1 Å². The molecule has 1 aromatic heterocycles. The van der Waals surface area contributed by atoms with Crippen molar-refractivity contribution < 1.29 is 9.53 Å². The zero-order valence-electron chi connectivity index (χ0n) is 13.7. The summed E-state index contributed by atoms with van der Waals surface area (Å²) in [5.74, 6) is 0.779. The van der Waals surface area contributed by atoms with E-state index in [1.807, 2.05) is 30.3 Å². The van der Waals surface area contributed by atoms with Crippen LogP contribution in [0.5, 0.6) is 0 Å². The normalized spacial score (nSPS) is 20.7. The van der Waals surface area contributed by atoms with Crippen LogP contribution < -0.4 is 10.2 Å². The number of ether oxygens (including phenoxy) is 1. The predicted octanol–water partition coefficient (Wildman–Crippen LogP) is 3.55. The number of rotatable bonds is 3. The molecule has 1 aliphatic rings. The highest BCUT2D eigenvalue weighted by Crippen LogP contribution is 2.20. The summed E-state index contributed by atoms with van der Waals surface area (Å²) in [5, 5.41) is 2.89. The highest BCUT2D eigenvalue weighted by atomic mass is 127. The van der Waals surface area contributed by atoms with Crippen molar-refractivity contribution in [3.8, 4) is 0 Å². The Hall–Kier alpha value is -1.67. The van der Waals surface area contributed by atoms with Gasteiger partial charge in [-0.15, -0.1) is 0 Å². The number of hydrogen-bond acceptors (Lipinski definition) is 4. The van der Waals surface area contributed by atoms with Crippen molar-refractivity contribution in [2.75, 3.05) is 23.3 Å². The van der Waals surface area contributed by atoms with E-state index in [2.05, 4.69) is 51.6 Å². The Kier molecular flexibility index (Phi) is 5.35. The number of amides is 1. The third kappa shape index (κ3) is 4.24. The molecule has 1 aliphatic heterocycles. The first kappa shape index (κ1) is 17.2. The number of carbonyl (C=O) groups excluding carboxylic acids is 1. The minimum absolute atomic E-state index is 0.128. The Labute approximate surface area is 155 Å². The minimum Gasteiger partial charge on any atom is -0.372 e. The molecule has 6 heteroatoms. The van der Waals surface area contributed by atoms with E-state index in [4.69, 9.17) is 4.74 Å². The predicted molar refractivity (Wildman–Crippen MR) is 104 cm³/mol. The number of aromatic nitrogens is 1. The second-order valence-corrected chi connectivity index (χ2v) is 7.28. The second kappa shape index (κ2) is 7.48. The first-order chi connectivity index (χ1) is 11.5. The van der Waals surface area contributed by atoms with Gasteiger partial charge in [-0.05, 0) is 66.8 Å². The standard InChI is InChI=1S/C18H20IN3O2/c1-12-10-22(11-13(2)24-12)17-7-6-16(9-20-17)21-18(23)14-4-3-5-15(19)8-14/h3-9,12-13H,10-11H2,1-2H3,(H,21,23). The van der Waals surface area contributed by atoms with Crippen LogP contribution in [0.25, 0.3) is 0 Å². The number of nitrogens with zero attached hydrogens (tertiary/aromatic N) is 2. The van der Waals surface area contributed by atoms with Crippen LogP contribution in [0, 0.1) is 3.57 Å². The molecule has 0 radical (unpaired) electrons. The summed E-state index contributed by atoms with van der Waals surface area (Å²) in [6.45, 7) is 5.79. The third-order valence-electron chi connectivity index (χ3n) is 3.84. The monoisotopic (exact) mass is 437 g/mol. The van der Waals surface area contributed by atoms with Gasteiger partial charge in [-0.25, -0.2) is 4.98 Å². The molecular weight excluding hydrogens is 417 g/mol. The first-order valence-corrected chi connectivity index (χ1v) is 9.02. The Morgan fingerprint density at radius 3 is 2.62 bits per heavy atom. The van der Waals surface area contributed by atoms with Gasteiger partial charge < -0.3 is 15.0 Å². The fraction of sp³-hybridized carbons (Fsp3) is 0.333. The molecule has 1 aromatic carbocycles. The van der Waals surface area contributed by atoms with Gasteiger partial charge in [0.2, 0.25) is 0 Å². The second-order valence-electron chi connectivity index (χ2n) is 6.03. The molecule has 2 unspecified atom stereocenters. The molecule has 1 amide bonds. The van der Waals surface area contributed by atoms with E-state index in [0.29, 0.717) is 11.3 Å². The van der Waals surface area contributed by atoms with Crippen molar-refractivity contribution in [1.29, 1.82) is 0 Å². The number of hydrogen-bond donors (Lipinski definition) is 1. The molecule has 0 aliphatic carbocycles. The molecular formula is C18H20IN3O2. The van der Waals surface area contributed by atoms with Gasteiger partial charge in [0, 0.05) is 22.2 Å². The van der Waals surface area contributed by atoms with Crippen molar-refractivity contribution in [2.45, 2.75) is 26.1 Å². The SMILES string of the molecule is CC1CN(c2ccc(NC(=O)c3cccc(I)c3)cn2)CC(C)O1. The first-order valence-electron chi connectivity index (χ1n) is 7.94. The lowest BCUT2D eigenvalue weighted by atomic mass is 10.2. The summed E-state index contributed by atoms with van der Waals surface area (Å²) >= 11 is 2.19. The van der Waals surface area contributed by atoms with Crippen molar-refractivity contribution in [3.05, 3.63) is 51.7 Å². The van der Waals surface area contributed by atoms with Crippen LogP contribution in [-0.2, 0) is 4.74 Å². The Morgan fingerprint density at radius 2 is 2.00 bits per heavy atom. The van der Waals surface area contributed by atoms with Gasteiger partial charge in [-0.2, -0.15) is 0 Å². The summed E-state index contributed by atoms with van der Waals surface area (Å²) in [7, 11) is 0. The van der Waals surface area contributed by atoms with Crippen LogP contribution in [0.15, 0.2) is 42.6 Å². The number of benzene rings is 1. The van der Waals surface area contributed by atoms with Gasteiger partial charge >= 0.3 is 0 Å². The molecule has 24 heavy (non-hydrogen) atoms. The summed E-state index contributed by atoms with van der Waals surface area (Å²) in [6.07, 6.45) is 2.08. The van der Waals surface area contributed by atoms with E-state index in [0.717, 1.165) is 22.5 Å². The molecule has 2 heterocycles. The van der Waals surface area contributed by atoms with Crippen LogP contribution >= 0.6 is 22.6 Å². The lowest BCUT2D eigenvalue weighted by molar-refractivity contribution is -0.00545. The minimum atomic E-state index is -0.128. The summed E-state index contributed by atoms with van der Waals surface area (Å²) in [6, 6.07) is 11.3. The van der Waals surface area contributed by atoms with E-state index < -0.39 is 0 Å². The number of morpholine rings is 1. The zero-order valence-corrected chi connectivity index (χ0v) is 15.9. The molecule has 1 saturated heterocycles. The van der Waals surface area contributed by atoms with Gasteiger partial charge in [-0.1, -0.05) is 6.07 Å². The largest absolute Gasteiger partial charge is 0.372 e. The maximum Gasteiger partial charge on any atom is 0.255 e. The van der Waals surface area contributed by atoms with E-state index in [1.165, 1.54) is 0 Å². The van der Waals surface area contributed by atoms with Crippen LogP contribution in [0.1, 0.15) is 24.2 Å². The van der Waals surface area contributed by atoms with Gasteiger partial charge in [0.1, 0.15) is 5.82 Å². The van der Waals surface area contributed by atoms with Gasteiger partial charge in [-0.3, -0.25) is 4.79 Å². The molecule has 126 valence electrons. The van der Waals surface area contributed by atoms with Crippen molar-refractivity contribution in [2.24, 2.45) is 0 Å². The topological polar surface area (TPSA) is 54.5 Å². The van der Waals surface area contributed by atoms with E-state index in [1.54, 1.807) is 12.3 Å². The zero-order chi connectivity index (χ0) is 17.1. The average molecular weight is 437 g/mol. The van der Waals surface area contributed by atoms with E-state index >= 15 is 0 Å². The van der Waals surface area contributed by atoms with Crippen molar-refractivity contribution in [1.82, 2.24) is 4.98 Å². The fourth-order valence-corrected chi connectivity index (χ4v) is 3.39. The fourth-order valence-electron chi connectivity index (χ4n) is 2.84. The number of nitrogens with one attached hydrogen (secondary N) is 1. The average Bonchev–Trinajstić information content (AvgIpc) is 2.54. The summed E-state index contributed by atoms with van der Waals surface area (Å²) < 4.78 is 6.78. The lowest BCUT2D eigenvalue weighted by Crippen LogP contribution is -2.45. The van der Waals surface area contributed by atoms with E-state index in [9.17, 15) is 4.79 Å². The maximum absolute atomic E-state index is 12.3. The molecule has 2 aromatic rings. The Balaban J connectivity index is 1.67. The molecule has 5 nitrogen and oxygen atoms in total. The summed E-state index contributed by atoms with van der Waals surface area (Å²) in [5.41, 5.74) is 1.33. The number of carbonyl (C=O) groups is 1. The summed E-state index contributed by atoms with van der Waals surface area (Å²) in [4.78, 5) is 19.0. The Bertz CT molecular complexity index is 710. The highest BCUT2D eigenvalue weighted by molar-refractivity contribution is 14.1. The molecule has 3 rings (SSSR count). The maximum atomic E-state index is 12.3. The Morgan fingerprint density at radius 1 is 1.25 bits per heavy atom.